The van der Waals surface area contributed by atoms with Crippen LogP contribution in [0.2, 0.25) is 0 Å². The Morgan fingerprint density at radius 3 is 1.91 bits per heavy atom. The summed E-state index contributed by atoms with van der Waals surface area (Å²) in [6, 6.07) is 0. The van der Waals surface area contributed by atoms with Crippen LogP contribution < -0.4 is 0 Å². The van der Waals surface area contributed by atoms with Gasteiger partial charge in [0.2, 0.25) is 5.79 Å². The highest BCUT2D eigenvalue weighted by Crippen LogP contribution is 2.27. The van der Waals surface area contributed by atoms with Crippen LogP contribution in [0.3, 0.4) is 0 Å². The molecule has 0 rings (SSSR count). The maximum absolute atomic E-state index is 12.3. The van der Waals surface area contributed by atoms with Crippen molar-refractivity contribution in [2.75, 3.05) is 7.11 Å². The fourth-order valence-corrected chi connectivity index (χ4v) is 0.322. The first-order chi connectivity index (χ1) is 4.73. The molecule has 0 bridgehead atoms. The van der Waals surface area contributed by atoms with Gasteiger partial charge in [-0.3, -0.25) is 0 Å². The van der Waals surface area contributed by atoms with Crippen LogP contribution in [0.4, 0.5) is 8.78 Å². The summed E-state index contributed by atoms with van der Waals surface area (Å²) in [6.07, 6.45) is 0. The van der Waals surface area contributed by atoms with Crippen molar-refractivity contribution in [1.82, 2.24) is 0 Å². The summed E-state index contributed by atoms with van der Waals surface area (Å²) in [5, 5.41) is 16.7. The van der Waals surface area contributed by atoms with E-state index in [-0.39, 0.29) is 0 Å². The van der Waals surface area contributed by atoms with Crippen LogP contribution in [0.5, 0.6) is 0 Å². The number of carbonyl (C=O) groups is 1. The lowest BCUT2D eigenvalue weighted by Gasteiger charge is -2.24. The zero-order valence-corrected chi connectivity index (χ0v) is 5.97. The van der Waals surface area contributed by atoms with Gasteiger partial charge in [-0.15, -0.1) is 0 Å². The SMILES string of the molecule is COC(=O)C(F)(F)C(C)(O)O. The Balaban J connectivity index is 4.59. The summed E-state index contributed by atoms with van der Waals surface area (Å²) in [5.74, 6) is -9.67. The topological polar surface area (TPSA) is 66.8 Å². The summed E-state index contributed by atoms with van der Waals surface area (Å²) in [6.45, 7) is 0.393. The van der Waals surface area contributed by atoms with E-state index in [9.17, 15) is 13.6 Å². The maximum atomic E-state index is 12.3. The first-order valence-electron chi connectivity index (χ1n) is 2.64. The molecule has 0 heterocycles. The Morgan fingerprint density at radius 1 is 1.45 bits per heavy atom. The summed E-state index contributed by atoms with van der Waals surface area (Å²) in [5.41, 5.74) is 0. The molecule has 0 saturated carbocycles. The zero-order valence-electron chi connectivity index (χ0n) is 5.97. The molecule has 0 spiro atoms. The Kier molecular flexibility index (Phi) is 2.52. The molecule has 11 heavy (non-hydrogen) atoms. The van der Waals surface area contributed by atoms with Gasteiger partial charge in [-0.25, -0.2) is 4.79 Å². The van der Waals surface area contributed by atoms with Crippen LogP contribution in [0.1, 0.15) is 6.92 Å². The molecule has 0 saturated heterocycles. The summed E-state index contributed by atoms with van der Waals surface area (Å²) in [4.78, 5) is 10.2. The average molecular weight is 170 g/mol. The summed E-state index contributed by atoms with van der Waals surface area (Å²) < 4.78 is 28.3. The predicted molar refractivity (Wildman–Crippen MR) is 29.8 cm³/mol. The minimum atomic E-state index is -4.30. The van der Waals surface area contributed by atoms with Gasteiger partial charge in [0, 0.05) is 0 Å². The van der Waals surface area contributed by atoms with E-state index in [1.165, 1.54) is 0 Å². The van der Waals surface area contributed by atoms with E-state index in [2.05, 4.69) is 4.74 Å². The predicted octanol–water partition coefficient (Wildman–Crippen LogP) is -0.505. The third-order valence-corrected chi connectivity index (χ3v) is 1.04. The molecule has 0 radical (unpaired) electrons. The van der Waals surface area contributed by atoms with Gasteiger partial charge < -0.3 is 14.9 Å². The van der Waals surface area contributed by atoms with E-state index >= 15 is 0 Å². The Labute approximate surface area is 61.4 Å². The third kappa shape index (κ3) is 1.84. The van der Waals surface area contributed by atoms with Crippen LogP contribution >= 0.6 is 0 Å². The van der Waals surface area contributed by atoms with Crippen molar-refractivity contribution in [3.63, 3.8) is 0 Å². The first kappa shape index (κ1) is 10.2. The van der Waals surface area contributed by atoms with Gasteiger partial charge >= 0.3 is 11.9 Å². The number of hydrogen-bond acceptors (Lipinski definition) is 4. The second-order valence-electron chi connectivity index (χ2n) is 2.09. The second-order valence-corrected chi connectivity index (χ2v) is 2.09. The van der Waals surface area contributed by atoms with E-state index in [1.807, 2.05) is 0 Å². The molecule has 0 unspecified atom stereocenters. The molecule has 6 heteroatoms. The number of alkyl halides is 2. The number of rotatable bonds is 2. The first-order valence-corrected chi connectivity index (χ1v) is 2.64. The molecule has 0 aromatic heterocycles. The van der Waals surface area contributed by atoms with Crippen LogP contribution in [-0.4, -0.2) is 35.0 Å². The number of halogens is 2. The van der Waals surface area contributed by atoms with Gasteiger partial charge in [-0.2, -0.15) is 8.78 Å². The number of esters is 1. The number of ether oxygens (including phenoxy) is 1. The van der Waals surface area contributed by atoms with Gasteiger partial charge in [0.05, 0.1) is 7.11 Å². The van der Waals surface area contributed by atoms with E-state index in [0.29, 0.717) is 6.92 Å². The lowest BCUT2D eigenvalue weighted by molar-refractivity contribution is -0.281. The fourth-order valence-electron chi connectivity index (χ4n) is 0.322. The van der Waals surface area contributed by atoms with E-state index in [0.717, 1.165) is 7.11 Å². The molecule has 0 aromatic rings. The maximum Gasteiger partial charge on any atom is 0.394 e. The molecular formula is C5H8F2O4. The largest absolute Gasteiger partial charge is 0.464 e. The smallest absolute Gasteiger partial charge is 0.394 e. The van der Waals surface area contributed by atoms with Crippen molar-refractivity contribution >= 4 is 5.97 Å². The second kappa shape index (κ2) is 2.71. The minimum absolute atomic E-state index is 0.393. The molecule has 0 aliphatic heterocycles. The summed E-state index contributed by atoms with van der Waals surface area (Å²) >= 11 is 0. The van der Waals surface area contributed by atoms with E-state index < -0.39 is 17.7 Å². The van der Waals surface area contributed by atoms with Crippen molar-refractivity contribution in [3.05, 3.63) is 0 Å². The standard InChI is InChI=1S/C5H8F2O4/c1-4(9,10)5(6,7)3(8)11-2/h9-10H,1-2H3. The fraction of sp³-hybridized carbons (Fsp3) is 0.800. The highest BCUT2D eigenvalue weighted by atomic mass is 19.3. The van der Waals surface area contributed by atoms with Crippen LogP contribution in [0.15, 0.2) is 0 Å². The van der Waals surface area contributed by atoms with Gasteiger partial charge in [-0.05, 0) is 6.92 Å². The molecule has 0 aliphatic rings. The van der Waals surface area contributed by atoms with E-state index in [4.69, 9.17) is 10.2 Å². The summed E-state index contributed by atoms with van der Waals surface area (Å²) in [7, 11) is 0.724. The molecule has 0 aromatic carbocycles. The Morgan fingerprint density at radius 2 is 1.82 bits per heavy atom. The zero-order chi connectivity index (χ0) is 9.28. The molecule has 0 fully saturated rings. The lowest BCUT2D eigenvalue weighted by atomic mass is 10.1. The number of methoxy groups -OCH3 is 1. The number of hydrogen-bond donors (Lipinski definition) is 2. The molecule has 2 N–H and O–H groups in total. The molecule has 0 aliphatic carbocycles. The molecule has 0 atom stereocenters. The highest BCUT2D eigenvalue weighted by Gasteiger charge is 2.56. The molecule has 66 valence electrons. The Hall–Kier alpha value is -0.750. The van der Waals surface area contributed by atoms with Gasteiger partial charge in [0.25, 0.3) is 0 Å². The van der Waals surface area contributed by atoms with Crippen LogP contribution in [0.25, 0.3) is 0 Å². The number of carbonyl (C=O) groups excluding carboxylic acids is 1. The molecular weight excluding hydrogens is 162 g/mol. The number of aliphatic hydroxyl groups is 2. The average Bonchev–Trinajstić information content (AvgIpc) is 1.83. The van der Waals surface area contributed by atoms with Crippen molar-refractivity contribution in [2.45, 2.75) is 18.6 Å². The van der Waals surface area contributed by atoms with Gasteiger partial charge in [0.1, 0.15) is 0 Å². The minimum Gasteiger partial charge on any atom is -0.464 e. The monoisotopic (exact) mass is 170 g/mol. The van der Waals surface area contributed by atoms with Crippen molar-refractivity contribution in [1.29, 1.82) is 0 Å². The van der Waals surface area contributed by atoms with Crippen molar-refractivity contribution in [3.8, 4) is 0 Å². The van der Waals surface area contributed by atoms with Crippen LogP contribution in [0, 0.1) is 0 Å². The quantitative estimate of drug-likeness (QED) is 0.433. The molecule has 0 amide bonds. The Bertz CT molecular complexity index is 160. The van der Waals surface area contributed by atoms with Gasteiger partial charge in [-0.1, -0.05) is 0 Å². The van der Waals surface area contributed by atoms with Crippen molar-refractivity contribution in [2.24, 2.45) is 0 Å². The van der Waals surface area contributed by atoms with E-state index in [1.54, 1.807) is 0 Å². The van der Waals surface area contributed by atoms with Crippen LogP contribution in [-0.2, 0) is 9.53 Å². The molecule has 4 nitrogen and oxygen atoms in total. The third-order valence-electron chi connectivity index (χ3n) is 1.04. The highest BCUT2D eigenvalue weighted by molar-refractivity contribution is 5.78. The lowest BCUT2D eigenvalue weighted by Crippen LogP contribution is -2.51. The normalized spacial score (nSPS) is 12.9. The van der Waals surface area contributed by atoms with Crippen molar-refractivity contribution < 1.29 is 28.5 Å². The van der Waals surface area contributed by atoms with Gasteiger partial charge in [0.15, 0.2) is 0 Å².